The number of anilines is 1. The van der Waals surface area contributed by atoms with Gasteiger partial charge in [0.25, 0.3) is 0 Å². The molecule has 2 rings (SSSR count). The van der Waals surface area contributed by atoms with E-state index in [1.54, 1.807) is 12.3 Å². The third-order valence-corrected chi connectivity index (χ3v) is 1.81. The van der Waals surface area contributed by atoms with Crippen molar-refractivity contribution in [2.75, 3.05) is 5.32 Å². The molecule has 0 aliphatic carbocycles. The highest BCUT2D eigenvalue weighted by molar-refractivity contribution is 6.01. The molecule has 0 spiro atoms. The Morgan fingerprint density at radius 2 is 2.45 bits per heavy atom. The molecule has 1 aliphatic heterocycles. The van der Waals surface area contributed by atoms with Crippen molar-refractivity contribution in [3.05, 3.63) is 18.0 Å². The molecule has 1 unspecified atom stereocenters. The maximum absolute atomic E-state index is 11.1. The van der Waals surface area contributed by atoms with E-state index in [0.717, 1.165) is 11.4 Å². The van der Waals surface area contributed by atoms with Crippen molar-refractivity contribution in [1.82, 2.24) is 10.2 Å². The molecular formula is C7H7N3O. The summed E-state index contributed by atoms with van der Waals surface area (Å²) in [6.07, 6.45) is 1.57. The second kappa shape index (κ2) is 2.02. The lowest BCUT2D eigenvalue weighted by Gasteiger charge is -1.94. The smallest absolute Gasteiger partial charge is 0.233 e. The fourth-order valence-corrected chi connectivity index (χ4v) is 1.13. The number of carbonyl (C=O) groups is 1. The topological polar surface area (TPSA) is 54.9 Å². The van der Waals surface area contributed by atoms with Gasteiger partial charge >= 0.3 is 0 Å². The van der Waals surface area contributed by atoms with Gasteiger partial charge in [0.2, 0.25) is 5.91 Å². The second-order valence-corrected chi connectivity index (χ2v) is 2.54. The van der Waals surface area contributed by atoms with Gasteiger partial charge in [-0.3, -0.25) is 4.79 Å². The number of fused-ring (bicyclic) bond motifs is 1. The van der Waals surface area contributed by atoms with Crippen LogP contribution in [0.5, 0.6) is 0 Å². The summed E-state index contributed by atoms with van der Waals surface area (Å²) in [5.41, 5.74) is 1.54. The van der Waals surface area contributed by atoms with Gasteiger partial charge in [0.1, 0.15) is 0 Å². The third-order valence-electron chi connectivity index (χ3n) is 1.81. The molecule has 0 bridgehead atoms. The van der Waals surface area contributed by atoms with Crippen LogP contribution in [-0.2, 0) is 4.79 Å². The van der Waals surface area contributed by atoms with Crippen molar-refractivity contribution in [2.24, 2.45) is 0 Å². The molecule has 1 N–H and O–H groups in total. The lowest BCUT2D eigenvalue weighted by molar-refractivity contribution is -0.116. The van der Waals surface area contributed by atoms with E-state index in [9.17, 15) is 4.79 Å². The zero-order valence-corrected chi connectivity index (χ0v) is 6.03. The van der Waals surface area contributed by atoms with Crippen LogP contribution >= 0.6 is 0 Å². The summed E-state index contributed by atoms with van der Waals surface area (Å²) in [7, 11) is 0. The maximum Gasteiger partial charge on any atom is 0.233 e. The van der Waals surface area contributed by atoms with Crippen molar-refractivity contribution in [3.63, 3.8) is 0 Å². The van der Waals surface area contributed by atoms with Crippen molar-refractivity contribution < 1.29 is 4.79 Å². The molecule has 0 fully saturated rings. The van der Waals surface area contributed by atoms with Gasteiger partial charge in [-0.25, -0.2) is 0 Å². The Hall–Kier alpha value is -1.45. The van der Waals surface area contributed by atoms with Crippen molar-refractivity contribution in [1.29, 1.82) is 0 Å². The summed E-state index contributed by atoms with van der Waals surface area (Å²) >= 11 is 0. The molecule has 1 aromatic heterocycles. The maximum atomic E-state index is 11.1. The van der Waals surface area contributed by atoms with Crippen LogP contribution in [0.3, 0.4) is 0 Å². The summed E-state index contributed by atoms with van der Waals surface area (Å²) < 4.78 is 0. The van der Waals surface area contributed by atoms with Gasteiger partial charge < -0.3 is 5.32 Å². The molecular weight excluding hydrogens is 142 g/mol. The van der Waals surface area contributed by atoms with E-state index in [-0.39, 0.29) is 11.8 Å². The van der Waals surface area contributed by atoms with E-state index in [4.69, 9.17) is 0 Å². The van der Waals surface area contributed by atoms with Crippen LogP contribution in [0.25, 0.3) is 0 Å². The average Bonchev–Trinajstić information content (AvgIpc) is 2.30. The van der Waals surface area contributed by atoms with E-state index in [1.165, 1.54) is 0 Å². The molecule has 1 amide bonds. The Bertz CT molecular complexity index is 310. The molecule has 56 valence electrons. The quantitative estimate of drug-likeness (QED) is 0.585. The van der Waals surface area contributed by atoms with Crippen LogP contribution in [0.2, 0.25) is 0 Å². The Kier molecular flexibility index (Phi) is 1.15. The predicted molar refractivity (Wildman–Crippen MR) is 39.1 cm³/mol. The van der Waals surface area contributed by atoms with Gasteiger partial charge in [-0.05, 0) is 13.0 Å². The van der Waals surface area contributed by atoms with Gasteiger partial charge in [0.15, 0.2) is 0 Å². The molecule has 4 heteroatoms. The summed E-state index contributed by atoms with van der Waals surface area (Å²) in [4.78, 5) is 11.1. The van der Waals surface area contributed by atoms with Crippen LogP contribution in [0.4, 0.5) is 5.69 Å². The van der Waals surface area contributed by atoms with Gasteiger partial charge in [-0.1, -0.05) is 0 Å². The van der Waals surface area contributed by atoms with E-state index in [0.29, 0.717) is 0 Å². The lowest BCUT2D eigenvalue weighted by Crippen LogP contribution is -2.08. The van der Waals surface area contributed by atoms with Crippen molar-refractivity contribution in [2.45, 2.75) is 12.8 Å². The SMILES string of the molecule is CC1C(=O)Nc2ccnnc21. The first-order valence-electron chi connectivity index (χ1n) is 3.41. The van der Waals surface area contributed by atoms with Crippen molar-refractivity contribution in [3.8, 4) is 0 Å². The Labute approximate surface area is 63.6 Å². The first kappa shape index (κ1) is 6.27. The monoisotopic (exact) mass is 149 g/mol. The van der Waals surface area contributed by atoms with E-state index in [1.807, 2.05) is 6.92 Å². The molecule has 1 aliphatic rings. The number of aromatic nitrogens is 2. The Morgan fingerprint density at radius 3 is 3.18 bits per heavy atom. The summed E-state index contributed by atoms with van der Waals surface area (Å²) in [6.45, 7) is 1.82. The molecule has 1 aromatic rings. The first-order valence-corrected chi connectivity index (χ1v) is 3.41. The minimum Gasteiger partial charge on any atom is -0.324 e. The van der Waals surface area contributed by atoms with Gasteiger partial charge in [0, 0.05) is 0 Å². The summed E-state index contributed by atoms with van der Waals surface area (Å²) in [5.74, 6) is -0.154. The molecule has 2 heterocycles. The fourth-order valence-electron chi connectivity index (χ4n) is 1.13. The van der Waals surface area contributed by atoms with Gasteiger partial charge in [-0.15, -0.1) is 0 Å². The molecule has 0 saturated carbocycles. The highest BCUT2D eigenvalue weighted by atomic mass is 16.2. The third kappa shape index (κ3) is 0.790. The number of amides is 1. The van der Waals surface area contributed by atoms with E-state index >= 15 is 0 Å². The van der Waals surface area contributed by atoms with E-state index < -0.39 is 0 Å². The zero-order chi connectivity index (χ0) is 7.84. The largest absolute Gasteiger partial charge is 0.324 e. The van der Waals surface area contributed by atoms with Gasteiger partial charge in [0.05, 0.1) is 23.5 Å². The molecule has 4 nitrogen and oxygen atoms in total. The standard InChI is InChI=1S/C7H7N3O/c1-4-6-5(9-7(4)11)2-3-8-10-6/h2-4H,1H3,(H,9,11). The number of nitrogens with one attached hydrogen (secondary N) is 1. The minimum absolute atomic E-state index is 0.000463. The number of nitrogens with zero attached hydrogens (tertiary/aromatic N) is 2. The summed E-state index contributed by atoms with van der Waals surface area (Å²) in [5, 5.41) is 10.3. The van der Waals surface area contributed by atoms with Crippen LogP contribution in [0.15, 0.2) is 12.3 Å². The molecule has 11 heavy (non-hydrogen) atoms. The van der Waals surface area contributed by atoms with Crippen LogP contribution in [0.1, 0.15) is 18.5 Å². The van der Waals surface area contributed by atoms with Crippen LogP contribution in [0, 0.1) is 0 Å². The molecule has 0 aromatic carbocycles. The number of hydrogen-bond acceptors (Lipinski definition) is 3. The molecule has 0 saturated heterocycles. The normalized spacial score (nSPS) is 21.2. The first-order chi connectivity index (χ1) is 5.29. The molecule has 1 atom stereocenters. The zero-order valence-electron chi connectivity index (χ0n) is 6.03. The minimum atomic E-state index is -0.154. The fraction of sp³-hybridized carbons (Fsp3) is 0.286. The van der Waals surface area contributed by atoms with Crippen molar-refractivity contribution >= 4 is 11.6 Å². The highest BCUT2D eigenvalue weighted by Gasteiger charge is 2.27. The number of carbonyl (C=O) groups excluding carboxylic acids is 1. The Balaban J connectivity index is 2.55. The second-order valence-electron chi connectivity index (χ2n) is 2.54. The van der Waals surface area contributed by atoms with E-state index in [2.05, 4.69) is 15.5 Å². The highest BCUT2D eigenvalue weighted by Crippen LogP contribution is 2.28. The number of hydrogen-bond donors (Lipinski definition) is 1. The Morgan fingerprint density at radius 1 is 1.64 bits per heavy atom. The lowest BCUT2D eigenvalue weighted by atomic mass is 10.1. The van der Waals surface area contributed by atoms with Crippen LogP contribution < -0.4 is 5.32 Å². The number of rotatable bonds is 0. The summed E-state index contributed by atoms with van der Waals surface area (Å²) in [6, 6.07) is 1.75. The van der Waals surface area contributed by atoms with Crippen LogP contribution in [-0.4, -0.2) is 16.1 Å². The van der Waals surface area contributed by atoms with Gasteiger partial charge in [-0.2, -0.15) is 10.2 Å². The molecule has 0 radical (unpaired) electrons. The average molecular weight is 149 g/mol. The predicted octanol–water partition coefficient (Wildman–Crippen LogP) is 0.532.